The highest BCUT2D eigenvalue weighted by molar-refractivity contribution is 7.99. The Bertz CT molecular complexity index is 473. The Morgan fingerprint density at radius 2 is 2.29 bits per heavy atom. The van der Waals surface area contributed by atoms with E-state index in [0.29, 0.717) is 17.0 Å². The summed E-state index contributed by atoms with van der Waals surface area (Å²) in [5.41, 5.74) is 1.19. The number of carbonyl (C=O) groups excluding carboxylic acids is 2. The van der Waals surface area contributed by atoms with Crippen LogP contribution in [0.5, 0.6) is 0 Å². The molecule has 0 aliphatic carbocycles. The molecule has 0 spiro atoms. The van der Waals surface area contributed by atoms with E-state index in [1.165, 1.54) is 18.9 Å². The summed E-state index contributed by atoms with van der Waals surface area (Å²) in [6.07, 6.45) is 0. The lowest BCUT2D eigenvalue weighted by Gasteiger charge is -2.09. The summed E-state index contributed by atoms with van der Waals surface area (Å²) in [6, 6.07) is 5.24. The number of rotatable bonds is 1. The number of nitrogens with one attached hydrogen (secondary N) is 1. The van der Waals surface area contributed by atoms with Crippen LogP contribution in [0.3, 0.4) is 0 Å². The summed E-state index contributed by atoms with van der Waals surface area (Å²) in [5.74, 6) is 0.196. The fraction of sp³-hybridized carbons (Fsp3) is 0.333. The van der Waals surface area contributed by atoms with Crippen molar-refractivity contribution in [2.24, 2.45) is 5.92 Å². The van der Waals surface area contributed by atoms with Gasteiger partial charge in [-0.3, -0.25) is 4.79 Å². The summed E-state index contributed by atoms with van der Waals surface area (Å²) in [7, 11) is 1.35. The van der Waals surface area contributed by atoms with Crippen molar-refractivity contribution in [3.05, 3.63) is 23.8 Å². The van der Waals surface area contributed by atoms with Crippen LogP contribution in [-0.2, 0) is 9.53 Å². The molecule has 0 fully saturated rings. The molecule has 1 aliphatic heterocycles. The van der Waals surface area contributed by atoms with Gasteiger partial charge in [0.05, 0.1) is 18.4 Å². The number of hydrogen-bond donors (Lipinski definition) is 1. The van der Waals surface area contributed by atoms with Crippen LogP contribution in [0, 0.1) is 5.92 Å². The number of esters is 1. The van der Waals surface area contributed by atoms with Gasteiger partial charge in [-0.2, -0.15) is 0 Å². The van der Waals surface area contributed by atoms with Crippen molar-refractivity contribution in [1.29, 1.82) is 0 Å². The van der Waals surface area contributed by atoms with Crippen molar-refractivity contribution in [3.8, 4) is 0 Å². The summed E-state index contributed by atoms with van der Waals surface area (Å²) < 4.78 is 4.73. The average Bonchev–Trinajstić information content (AvgIpc) is 2.48. The van der Waals surface area contributed by atoms with Gasteiger partial charge in [-0.25, -0.2) is 4.79 Å². The first-order valence-corrected chi connectivity index (χ1v) is 6.27. The number of hydrogen-bond acceptors (Lipinski definition) is 4. The van der Waals surface area contributed by atoms with E-state index in [1.54, 1.807) is 18.2 Å². The van der Waals surface area contributed by atoms with E-state index in [2.05, 4.69) is 5.32 Å². The molecular weight excluding hydrogens is 238 g/mol. The molecule has 0 bridgehead atoms. The minimum absolute atomic E-state index is 0.0155. The molecule has 1 amide bonds. The van der Waals surface area contributed by atoms with Crippen LogP contribution in [0.25, 0.3) is 0 Å². The van der Waals surface area contributed by atoms with Gasteiger partial charge in [-0.05, 0) is 12.1 Å². The van der Waals surface area contributed by atoms with E-state index in [4.69, 9.17) is 4.74 Å². The van der Waals surface area contributed by atoms with Crippen LogP contribution < -0.4 is 5.32 Å². The molecule has 1 aromatic rings. The second-order valence-electron chi connectivity index (χ2n) is 3.88. The summed E-state index contributed by atoms with van der Waals surface area (Å²) in [4.78, 5) is 24.1. The molecule has 1 heterocycles. The van der Waals surface area contributed by atoms with Crippen molar-refractivity contribution in [1.82, 2.24) is 0 Å². The first kappa shape index (κ1) is 12.0. The molecule has 0 radical (unpaired) electrons. The van der Waals surface area contributed by atoms with Gasteiger partial charge in [-0.1, -0.05) is 13.0 Å². The molecule has 1 aliphatic rings. The quantitative estimate of drug-likeness (QED) is 0.777. The maximum absolute atomic E-state index is 11.7. The molecule has 17 heavy (non-hydrogen) atoms. The number of amides is 1. The normalized spacial score (nSPS) is 18.9. The average molecular weight is 251 g/mol. The number of benzene rings is 1. The first-order chi connectivity index (χ1) is 8.13. The second kappa shape index (κ2) is 4.79. The zero-order valence-corrected chi connectivity index (χ0v) is 10.5. The third-order valence-electron chi connectivity index (χ3n) is 2.60. The highest BCUT2D eigenvalue weighted by Crippen LogP contribution is 2.35. The van der Waals surface area contributed by atoms with Crippen molar-refractivity contribution < 1.29 is 14.3 Å². The highest BCUT2D eigenvalue weighted by Gasteiger charge is 2.24. The monoisotopic (exact) mass is 251 g/mol. The van der Waals surface area contributed by atoms with E-state index >= 15 is 0 Å². The number of thioether (sulfide) groups is 1. The van der Waals surface area contributed by atoms with Crippen molar-refractivity contribution in [2.45, 2.75) is 11.8 Å². The van der Waals surface area contributed by atoms with Crippen molar-refractivity contribution in [2.75, 3.05) is 18.2 Å². The lowest BCUT2D eigenvalue weighted by atomic mass is 10.1. The van der Waals surface area contributed by atoms with Gasteiger partial charge < -0.3 is 10.1 Å². The molecule has 4 nitrogen and oxygen atoms in total. The fourth-order valence-electron chi connectivity index (χ4n) is 1.60. The Morgan fingerprint density at radius 1 is 1.53 bits per heavy atom. The number of methoxy groups -OCH3 is 1. The van der Waals surface area contributed by atoms with Gasteiger partial charge in [0.2, 0.25) is 5.91 Å². The molecule has 0 saturated carbocycles. The van der Waals surface area contributed by atoms with E-state index in [-0.39, 0.29) is 17.8 Å². The predicted octanol–water partition coefficient (Wildman–Crippen LogP) is 2.15. The second-order valence-corrected chi connectivity index (χ2v) is 4.91. The molecule has 2 rings (SSSR count). The summed E-state index contributed by atoms with van der Waals surface area (Å²) in [5, 5.41) is 2.82. The Kier molecular flexibility index (Phi) is 3.38. The van der Waals surface area contributed by atoms with Gasteiger partial charge in [0, 0.05) is 16.6 Å². The molecule has 1 unspecified atom stereocenters. The molecule has 5 heteroatoms. The van der Waals surface area contributed by atoms with Crippen LogP contribution in [0.1, 0.15) is 17.3 Å². The smallest absolute Gasteiger partial charge is 0.339 e. The minimum Gasteiger partial charge on any atom is -0.465 e. The minimum atomic E-state index is -0.377. The van der Waals surface area contributed by atoms with Crippen LogP contribution in [0.4, 0.5) is 5.69 Å². The van der Waals surface area contributed by atoms with Gasteiger partial charge >= 0.3 is 5.97 Å². The van der Waals surface area contributed by atoms with Crippen LogP contribution in [0.2, 0.25) is 0 Å². The van der Waals surface area contributed by atoms with Crippen molar-refractivity contribution in [3.63, 3.8) is 0 Å². The zero-order chi connectivity index (χ0) is 12.4. The Labute approximate surface area is 104 Å². The lowest BCUT2D eigenvalue weighted by Crippen LogP contribution is -2.20. The number of carbonyl (C=O) groups is 2. The maximum Gasteiger partial charge on any atom is 0.339 e. The Balaban J connectivity index is 2.45. The number of ether oxygens (including phenoxy) is 1. The van der Waals surface area contributed by atoms with Gasteiger partial charge in [0.15, 0.2) is 0 Å². The zero-order valence-electron chi connectivity index (χ0n) is 9.65. The van der Waals surface area contributed by atoms with Gasteiger partial charge in [0.25, 0.3) is 0 Å². The first-order valence-electron chi connectivity index (χ1n) is 5.28. The van der Waals surface area contributed by atoms with Gasteiger partial charge in [-0.15, -0.1) is 11.8 Å². The van der Waals surface area contributed by atoms with E-state index < -0.39 is 0 Å². The van der Waals surface area contributed by atoms with Crippen LogP contribution >= 0.6 is 11.8 Å². The Morgan fingerprint density at radius 3 is 3.00 bits per heavy atom. The third kappa shape index (κ3) is 2.29. The van der Waals surface area contributed by atoms with Gasteiger partial charge in [0.1, 0.15) is 0 Å². The standard InChI is InChI=1S/C12H13NO3S/c1-7-6-17-10-8(12(15)16-2)4-3-5-9(10)13-11(7)14/h3-5,7H,6H2,1-2H3,(H,13,14). The SMILES string of the molecule is COC(=O)c1cccc2c1SCC(C)C(=O)N2. The topological polar surface area (TPSA) is 55.4 Å². The third-order valence-corrected chi connectivity index (χ3v) is 4.00. The van der Waals surface area contributed by atoms with Crippen LogP contribution in [-0.4, -0.2) is 24.7 Å². The largest absolute Gasteiger partial charge is 0.465 e. The molecule has 1 atom stereocenters. The summed E-state index contributed by atoms with van der Waals surface area (Å²) >= 11 is 1.51. The molecule has 0 saturated heterocycles. The van der Waals surface area contributed by atoms with E-state index in [9.17, 15) is 9.59 Å². The highest BCUT2D eigenvalue weighted by atomic mass is 32.2. The van der Waals surface area contributed by atoms with Crippen molar-refractivity contribution >= 4 is 29.3 Å². The van der Waals surface area contributed by atoms with E-state index in [1.807, 2.05) is 6.92 Å². The summed E-state index contributed by atoms with van der Waals surface area (Å²) in [6.45, 7) is 1.87. The van der Waals surface area contributed by atoms with E-state index in [0.717, 1.165) is 4.90 Å². The van der Waals surface area contributed by atoms with Crippen LogP contribution in [0.15, 0.2) is 23.1 Å². The molecular formula is C12H13NO3S. The molecule has 90 valence electrons. The molecule has 1 aromatic carbocycles. The fourth-order valence-corrected chi connectivity index (χ4v) is 2.75. The number of fused-ring (bicyclic) bond motifs is 1. The maximum atomic E-state index is 11.7. The molecule has 1 N–H and O–H groups in total. The lowest BCUT2D eigenvalue weighted by molar-refractivity contribution is -0.118. The Hall–Kier alpha value is -1.49. The molecule has 0 aromatic heterocycles. The predicted molar refractivity (Wildman–Crippen MR) is 66.3 cm³/mol. The number of anilines is 1.